The van der Waals surface area contributed by atoms with Gasteiger partial charge in [-0.25, -0.2) is 0 Å². The van der Waals surface area contributed by atoms with Crippen molar-refractivity contribution >= 4 is 11.9 Å². The van der Waals surface area contributed by atoms with Crippen molar-refractivity contribution in [2.24, 2.45) is 11.8 Å². The van der Waals surface area contributed by atoms with Crippen molar-refractivity contribution in [3.05, 3.63) is 35.4 Å². The lowest BCUT2D eigenvalue weighted by atomic mass is 9.78. The summed E-state index contributed by atoms with van der Waals surface area (Å²) >= 11 is 0. The van der Waals surface area contributed by atoms with E-state index in [1.165, 1.54) is 11.1 Å². The van der Waals surface area contributed by atoms with Gasteiger partial charge in [0.05, 0.1) is 17.9 Å². The van der Waals surface area contributed by atoms with E-state index in [0.717, 1.165) is 32.1 Å². The summed E-state index contributed by atoms with van der Waals surface area (Å²) in [7, 11) is 0. The highest BCUT2D eigenvalue weighted by Gasteiger charge is 2.36. The number of carbonyl (C=O) groups excluding carboxylic acids is 1. The molecule has 1 saturated carbocycles. The number of hydrogen-bond acceptors (Lipinski definition) is 2. The number of aryl methyl sites for hydroxylation is 1. The van der Waals surface area contributed by atoms with Crippen LogP contribution in [0.3, 0.4) is 0 Å². The average molecular weight is 301 g/mol. The number of benzene rings is 1. The monoisotopic (exact) mass is 301 g/mol. The molecule has 2 unspecified atom stereocenters. The minimum atomic E-state index is -0.830. The minimum Gasteiger partial charge on any atom is -0.481 e. The predicted octanol–water partition coefficient (Wildman–Crippen LogP) is 3.07. The largest absolute Gasteiger partial charge is 0.481 e. The molecule has 1 aromatic rings. The Kier molecular flexibility index (Phi) is 4.46. The SMILES string of the molecule is O=C(O)C1CCCC[C@H]1C(=O)NC1CCCc2ccccc21. The van der Waals surface area contributed by atoms with Gasteiger partial charge in [-0.15, -0.1) is 0 Å². The maximum Gasteiger partial charge on any atom is 0.307 e. The molecular formula is C18H23NO3. The fraction of sp³-hybridized carbons (Fsp3) is 0.556. The Morgan fingerprint density at radius 3 is 2.50 bits per heavy atom. The van der Waals surface area contributed by atoms with Crippen LogP contribution in [0.1, 0.15) is 55.7 Å². The first-order valence-corrected chi connectivity index (χ1v) is 8.28. The second-order valence-corrected chi connectivity index (χ2v) is 6.49. The molecule has 2 N–H and O–H groups in total. The Morgan fingerprint density at radius 1 is 1.00 bits per heavy atom. The lowest BCUT2D eigenvalue weighted by molar-refractivity contribution is -0.149. The van der Waals surface area contributed by atoms with Crippen LogP contribution in [0, 0.1) is 11.8 Å². The summed E-state index contributed by atoms with van der Waals surface area (Å²) in [4.78, 5) is 24.0. The van der Waals surface area contributed by atoms with Crippen molar-refractivity contribution in [3.8, 4) is 0 Å². The number of carboxylic acids is 1. The maximum atomic E-state index is 12.6. The molecule has 0 aliphatic heterocycles. The number of fused-ring (bicyclic) bond motifs is 1. The fourth-order valence-electron chi connectivity index (χ4n) is 3.92. The third kappa shape index (κ3) is 3.01. The number of carbonyl (C=O) groups is 2. The molecule has 3 rings (SSSR count). The molecule has 0 radical (unpaired) electrons. The molecule has 1 fully saturated rings. The third-order valence-electron chi connectivity index (χ3n) is 5.11. The summed E-state index contributed by atoms with van der Waals surface area (Å²) in [6.07, 6.45) is 6.23. The Hall–Kier alpha value is -1.84. The second-order valence-electron chi connectivity index (χ2n) is 6.49. The van der Waals surface area contributed by atoms with Crippen molar-refractivity contribution < 1.29 is 14.7 Å². The molecule has 118 valence electrons. The van der Waals surface area contributed by atoms with Gasteiger partial charge in [0.2, 0.25) is 5.91 Å². The normalized spacial score (nSPS) is 27.7. The van der Waals surface area contributed by atoms with Crippen LogP contribution in [0.25, 0.3) is 0 Å². The number of aliphatic carboxylic acids is 1. The lowest BCUT2D eigenvalue weighted by Gasteiger charge is -2.31. The zero-order valence-electron chi connectivity index (χ0n) is 12.8. The van der Waals surface area contributed by atoms with E-state index in [2.05, 4.69) is 17.4 Å². The van der Waals surface area contributed by atoms with Crippen LogP contribution in [0.5, 0.6) is 0 Å². The minimum absolute atomic E-state index is 0.0359. The number of rotatable bonds is 3. The van der Waals surface area contributed by atoms with Gasteiger partial charge in [-0.3, -0.25) is 9.59 Å². The fourth-order valence-corrected chi connectivity index (χ4v) is 3.92. The van der Waals surface area contributed by atoms with E-state index in [9.17, 15) is 14.7 Å². The Labute approximate surface area is 130 Å². The molecule has 0 aromatic heterocycles. The molecule has 0 heterocycles. The van der Waals surface area contributed by atoms with Gasteiger partial charge < -0.3 is 10.4 Å². The van der Waals surface area contributed by atoms with Crippen LogP contribution in [0.4, 0.5) is 0 Å². The highest BCUT2D eigenvalue weighted by Crippen LogP contribution is 2.33. The first kappa shape index (κ1) is 15.1. The van der Waals surface area contributed by atoms with Crippen molar-refractivity contribution in [2.75, 3.05) is 0 Å². The van der Waals surface area contributed by atoms with Crippen LogP contribution in [-0.2, 0) is 16.0 Å². The van der Waals surface area contributed by atoms with Gasteiger partial charge in [0.15, 0.2) is 0 Å². The Morgan fingerprint density at radius 2 is 1.73 bits per heavy atom. The van der Waals surface area contributed by atoms with E-state index in [1.54, 1.807) is 0 Å². The van der Waals surface area contributed by atoms with Crippen molar-refractivity contribution in [1.82, 2.24) is 5.32 Å². The quantitative estimate of drug-likeness (QED) is 0.901. The van der Waals surface area contributed by atoms with E-state index in [-0.39, 0.29) is 17.9 Å². The molecule has 4 heteroatoms. The standard InChI is InChI=1S/C18H23NO3/c20-17(14-9-3-4-10-15(14)18(21)22)19-16-11-5-7-12-6-1-2-8-13(12)16/h1-2,6,8,14-16H,3-5,7,9-11H2,(H,19,20)(H,21,22)/t14-,15?,16?/m1/s1. The molecular weight excluding hydrogens is 278 g/mol. The zero-order valence-corrected chi connectivity index (χ0v) is 12.8. The molecule has 22 heavy (non-hydrogen) atoms. The predicted molar refractivity (Wildman–Crippen MR) is 83.3 cm³/mol. The lowest BCUT2D eigenvalue weighted by Crippen LogP contribution is -2.41. The zero-order chi connectivity index (χ0) is 15.5. The van der Waals surface area contributed by atoms with E-state index >= 15 is 0 Å². The van der Waals surface area contributed by atoms with Gasteiger partial charge in [-0.05, 0) is 43.2 Å². The van der Waals surface area contributed by atoms with Crippen molar-refractivity contribution in [1.29, 1.82) is 0 Å². The molecule has 0 spiro atoms. The van der Waals surface area contributed by atoms with Gasteiger partial charge in [0.25, 0.3) is 0 Å². The molecule has 1 aromatic carbocycles. The smallest absolute Gasteiger partial charge is 0.307 e. The van der Waals surface area contributed by atoms with Crippen molar-refractivity contribution in [3.63, 3.8) is 0 Å². The summed E-state index contributed by atoms with van der Waals surface area (Å²) < 4.78 is 0. The van der Waals surface area contributed by atoms with E-state index < -0.39 is 11.9 Å². The number of amides is 1. The highest BCUT2D eigenvalue weighted by molar-refractivity contribution is 5.85. The summed E-state index contributed by atoms with van der Waals surface area (Å²) in [5.41, 5.74) is 2.50. The van der Waals surface area contributed by atoms with Crippen LogP contribution in [0.2, 0.25) is 0 Å². The number of nitrogens with one attached hydrogen (secondary N) is 1. The topological polar surface area (TPSA) is 66.4 Å². The van der Waals surface area contributed by atoms with Crippen LogP contribution in [0.15, 0.2) is 24.3 Å². The Bertz CT molecular complexity index is 569. The van der Waals surface area contributed by atoms with E-state index in [4.69, 9.17) is 0 Å². The van der Waals surface area contributed by atoms with Gasteiger partial charge in [-0.1, -0.05) is 37.1 Å². The molecule has 0 saturated heterocycles. The van der Waals surface area contributed by atoms with Gasteiger partial charge in [0.1, 0.15) is 0 Å². The molecule has 1 amide bonds. The van der Waals surface area contributed by atoms with Crippen molar-refractivity contribution in [2.45, 2.75) is 51.0 Å². The van der Waals surface area contributed by atoms with Gasteiger partial charge in [-0.2, -0.15) is 0 Å². The summed E-state index contributed by atoms with van der Waals surface area (Å²) in [6, 6.07) is 8.27. The van der Waals surface area contributed by atoms with Crippen LogP contribution in [-0.4, -0.2) is 17.0 Å². The number of carboxylic acid groups (broad SMARTS) is 1. The summed E-state index contributed by atoms with van der Waals surface area (Å²) in [5.74, 6) is -1.80. The molecule has 4 nitrogen and oxygen atoms in total. The number of hydrogen-bond donors (Lipinski definition) is 2. The van der Waals surface area contributed by atoms with Gasteiger partial charge in [0, 0.05) is 0 Å². The van der Waals surface area contributed by atoms with E-state index in [0.29, 0.717) is 12.8 Å². The summed E-state index contributed by atoms with van der Waals surface area (Å²) in [5, 5.41) is 12.5. The molecule has 3 atom stereocenters. The average Bonchev–Trinajstić information content (AvgIpc) is 2.55. The Balaban J connectivity index is 1.73. The first-order chi connectivity index (χ1) is 10.7. The molecule has 2 aliphatic rings. The first-order valence-electron chi connectivity index (χ1n) is 8.28. The van der Waals surface area contributed by atoms with Crippen LogP contribution < -0.4 is 5.32 Å². The maximum absolute atomic E-state index is 12.6. The molecule has 2 aliphatic carbocycles. The molecule has 0 bridgehead atoms. The van der Waals surface area contributed by atoms with Crippen LogP contribution >= 0.6 is 0 Å². The van der Waals surface area contributed by atoms with Gasteiger partial charge >= 0.3 is 5.97 Å². The van der Waals surface area contributed by atoms with E-state index in [1.807, 2.05) is 12.1 Å². The highest BCUT2D eigenvalue weighted by atomic mass is 16.4. The second kappa shape index (κ2) is 6.51. The summed E-state index contributed by atoms with van der Waals surface area (Å²) in [6.45, 7) is 0. The third-order valence-corrected chi connectivity index (χ3v) is 5.11.